The molecular formula is C25H44N+. The van der Waals surface area contributed by atoms with Gasteiger partial charge in [0.25, 0.3) is 0 Å². The first-order valence-electron chi connectivity index (χ1n) is 11.2. The summed E-state index contributed by atoms with van der Waals surface area (Å²) in [5.74, 6) is 0. The van der Waals surface area contributed by atoms with Crippen LogP contribution in [-0.4, -0.2) is 31.7 Å². The minimum atomic E-state index is 1.10. The van der Waals surface area contributed by atoms with Crippen molar-refractivity contribution in [3.63, 3.8) is 0 Å². The maximum atomic E-state index is 2.36. The van der Waals surface area contributed by atoms with Gasteiger partial charge >= 0.3 is 0 Å². The Morgan fingerprint density at radius 3 is 1.73 bits per heavy atom. The van der Waals surface area contributed by atoms with E-state index in [-0.39, 0.29) is 0 Å². The van der Waals surface area contributed by atoms with E-state index in [2.05, 4.69) is 63.5 Å². The number of nitrogens with zero attached hydrogens (tertiary/aromatic N) is 1. The third kappa shape index (κ3) is 13.2. The zero-order chi connectivity index (χ0) is 18.9. The van der Waals surface area contributed by atoms with Crippen LogP contribution < -0.4 is 0 Å². The Hall–Kier alpha value is -1.08. The lowest BCUT2D eigenvalue weighted by Crippen LogP contribution is -2.40. The fourth-order valence-corrected chi connectivity index (χ4v) is 3.51. The second-order valence-electron chi connectivity index (χ2n) is 8.54. The summed E-state index contributed by atoms with van der Waals surface area (Å²) in [5, 5.41) is 0. The number of hydrogen-bond acceptors (Lipinski definition) is 0. The molecule has 0 spiro atoms. The van der Waals surface area contributed by atoms with Crippen LogP contribution >= 0.6 is 0 Å². The summed E-state index contributed by atoms with van der Waals surface area (Å²) in [7, 11) is 4.71. The van der Waals surface area contributed by atoms with Gasteiger partial charge in [-0.1, -0.05) is 108 Å². The van der Waals surface area contributed by atoms with Crippen molar-refractivity contribution in [3.8, 4) is 0 Å². The third-order valence-corrected chi connectivity index (χ3v) is 5.33. The summed E-state index contributed by atoms with van der Waals surface area (Å²) in [6.07, 6.45) is 21.7. The topological polar surface area (TPSA) is 0 Å². The molecule has 0 amide bonds. The van der Waals surface area contributed by atoms with E-state index in [0.29, 0.717) is 0 Å². The molecule has 0 N–H and O–H groups in total. The summed E-state index contributed by atoms with van der Waals surface area (Å²) in [5.41, 5.74) is 1.30. The lowest BCUT2D eigenvalue weighted by Gasteiger charge is -2.28. The summed E-state index contributed by atoms with van der Waals surface area (Å²) >= 11 is 0. The van der Waals surface area contributed by atoms with E-state index < -0.39 is 0 Å². The lowest BCUT2D eigenvalue weighted by atomic mass is 10.1. The van der Waals surface area contributed by atoms with Gasteiger partial charge in [0.15, 0.2) is 0 Å². The van der Waals surface area contributed by atoms with Crippen molar-refractivity contribution >= 4 is 6.08 Å². The highest BCUT2D eigenvalue weighted by Gasteiger charge is 2.11. The average molecular weight is 359 g/mol. The van der Waals surface area contributed by atoms with Crippen LogP contribution in [0, 0.1) is 0 Å². The Bertz CT molecular complexity index is 446. The molecule has 0 bridgehead atoms. The smallest absolute Gasteiger partial charge is 0.0972 e. The van der Waals surface area contributed by atoms with Crippen LogP contribution in [-0.2, 0) is 0 Å². The summed E-state index contributed by atoms with van der Waals surface area (Å²) in [6, 6.07) is 10.6. The van der Waals surface area contributed by atoms with Gasteiger partial charge < -0.3 is 4.48 Å². The van der Waals surface area contributed by atoms with Gasteiger partial charge in [0, 0.05) is 0 Å². The molecule has 0 saturated carbocycles. The molecule has 0 fully saturated rings. The third-order valence-electron chi connectivity index (χ3n) is 5.33. The van der Waals surface area contributed by atoms with E-state index in [1.807, 2.05) is 0 Å². The molecule has 1 nitrogen and oxygen atoms in total. The number of quaternary nitrogens is 1. The Kier molecular flexibility index (Phi) is 13.3. The van der Waals surface area contributed by atoms with E-state index in [9.17, 15) is 0 Å². The molecule has 0 unspecified atom stereocenters. The minimum Gasteiger partial charge on any atom is -0.325 e. The maximum absolute atomic E-state index is 2.36. The maximum Gasteiger partial charge on any atom is 0.0972 e. The molecule has 0 atom stereocenters. The van der Waals surface area contributed by atoms with Crippen LogP contribution in [0.25, 0.3) is 6.08 Å². The van der Waals surface area contributed by atoms with E-state index in [1.54, 1.807) is 0 Å². The molecule has 0 aliphatic rings. The SMILES string of the molecule is CCCCCCCCCCCCCC[N+](C)(C)C/C=C/c1ccccc1. The van der Waals surface area contributed by atoms with Gasteiger partial charge in [0.2, 0.25) is 0 Å². The number of rotatable bonds is 16. The Balaban J connectivity index is 1.95. The van der Waals surface area contributed by atoms with E-state index in [1.165, 1.54) is 89.2 Å². The predicted octanol–water partition coefficient (Wildman–Crippen LogP) is 7.48. The van der Waals surface area contributed by atoms with Crippen molar-refractivity contribution in [2.45, 2.75) is 84.0 Å². The fourth-order valence-electron chi connectivity index (χ4n) is 3.51. The molecule has 0 saturated heterocycles. The largest absolute Gasteiger partial charge is 0.325 e. The number of unbranched alkanes of at least 4 members (excludes halogenated alkanes) is 11. The van der Waals surface area contributed by atoms with Gasteiger partial charge in [0.05, 0.1) is 27.2 Å². The Labute approximate surface area is 164 Å². The normalized spacial score (nSPS) is 12.1. The molecule has 1 heteroatoms. The van der Waals surface area contributed by atoms with Crippen LogP contribution in [0.15, 0.2) is 36.4 Å². The van der Waals surface area contributed by atoms with Crippen LogP contribution in [0.4, 0.5) is 0 Å². The van der Waals surface area contributed by atoms with Crippen LogP contribution in [0.5, 0.6) is 0 Å². The second kappa shape index (κ2) is 15.0. The summed E-state index contributed by atoms with van der Waals surface area (Å²) in [6.45, 7) is 4.70. The first-order valence-corrected chi connectivity index (χ1v) is 11.2. The van der Waals surface area contributed by atoms with Gasteiger partial charge in [-0.25, -0.2) is 0 Å². The molecule has 0 aliphatic heterocycles. The molecule has 148 valence electrons. The van der Waals surface area contributed by atoms with Crippen LogP contribution in [0.1, 0.15) is 89.5 Å². The molecule has 0 aliphatic carbocycles. The summed E-state index contributed by atoms with van der Waals surface area (Å²) in [4.78, 5) is 0. The number of hydrogen-bond donors (Lipinski definition) is 0. The van der Waals surface area contributed by atoms with E-state index in [0.717, 1.165) is 11.0 Å². The predicted molar refractivity (Wildman–Crippen MR) is 118 cm³/mol. The van der Waals surface area contributed by atoms with Crippen molar-refractivity contribution in [2.24, 2.45) is 0 Å². The summed E-state index contributed by atoms with van der Waals surface area (Å²) < 4.78 is 1.10. The zero-order valence-corrected chi connectivity index (χ0v) is 17.9. The highest BCUT2D eigenvalue weighted by atomic mass is 15.3. The van der Waals surface area contributed by atoms with Gasteiger partial charge in [-0.15, -0.1) is 0 Å². The van der Waals surface area contributed by atoms with Gasteiger partial charge in [-0.3, -0.25) is 0 Å². The van der Waals surface area contributed by atoms with E-state index >= 15 is 0 Å². The molecule has 0 heterocycles. The van der Waals surface area contributed by atoms with Crippen molar-refractivity contribution in [1.29, 1.82) is 0 Å². The first-order chi connectivity index (χ1) is 12.6. The van der Waals surface area contributed by atoms with Gasteiger partial charge in [-0.2, -0.15) is 0 Å². The molecule has 0 aromatic heterocycles. The highest BCUT2D eigenvalue weighted by molar-refractivity contribution is 5.48. The van der Waals surface area contributed by atoms with E-state index in [4.69, 9.17) is 0 Å². The molecule has 1 aromatic rings. The standard InChI is InChI=1S/C25H44N/c1-4-5-6-7-8-9-10-11-12-13-14-18-23-26(2,3)24-19-22-25-20-16-15-17-21-25/h15-17,19-22H,4-14,18,23-24H2,1-3H3/q+1/b22-19+. The molecule has 0 radical (unpaired) electrons. The van der Waals surface area contributed by atoms with Gasteiger partial charge in [-0.05, 0) is 24.5 Å². The molecule has 1 aromatic carbocycles. The first kappa shape index (κ1) is 23.0. The number of benzene rings is 1. The fraction of sp³-hybridized carbons (Fsp3) is 0.680. The zero-order valence-electron chi connectivity index (χ0n) is 17.9. The lowest BCUT2D eigenvalue weighted by molar-refractivity contribution is -0.884. The molecule has 26 heavy (non-hydrogen) atoms. The quantitative estimate of drug-likeness (QED) is 0.212. The average Bonchev–Trinajstić information content (AvgIpc) is 2.63. The molecular weight excluding hydrogens is 314 g/mol. The molecule has 1 rings (SSSR count). The van der Waals surface area contributed by atoms with Crippen molar-refractivity contribution in [2.75, 3.05) is 27.2 Å². The monoisotopic (exact) mass is 358 g/mol. The Morgan fingerprint density at radius 1 is 0.692 bits per heavy atom. The van der Waals surface area contributed by atoms with Crippen LogP contribution in [0.2, 0.25) is 0 Å². The highest BCUT2D eigenvalue weighted by Crippen LogP contribution is 2.13. The van der Waals surface area contributed by atoms with Crippen molar-refractivity contribution in [1.82, 2.24) is 0 Å². The van der Waals surface area contributed by atoms with Gasteiger partial charge in [0.1, 0.15) is 0 Å². The van der Waals surface area contributed by atoms with Crippen molar-refractivity contribution in [3.05, 3.63) is 42.0 Å². The van der Waals surface area contributed by atoms with Crippen LogP contribution in [0.3, 0.4) is 0 Å². The van der Waals surface area contributed by atoms with Crippen molar-refractivity contribution < 1.29 is 4.48 Å². The number of likely N-dealkylation sites (N-methyl/N-ethyl adjacent to an activating group) is 1. The second-order valence-corrected chi connectivity index (χ2v) is 8.54. The Morgan fingerprint density at radius 2 is 1.19 bits per heavy atom. The minimum absolute atomic E-state index is 1.10.